The van der Waals surface area contributed by atoms with Gasteiger partial charge in [0.2, 0.25) is 0 Å². The molecule has 3 aliphatic carbocycles. The Morgan fingerprint density at radius 1 is 1.00 bits per heavy atom. The van der Waals surface area contributed by atoms with Crippen molar-refractivity contribution in [1.29, 1.82) is 0 Å². The fourth-order valence-electron chi connectivity index (χ4n) is 6.71. The van der Waals surface area contributed by atoms with Gasteiger partial charge in [0, 0.05) is 0 Å². The normalized spacial score (nSPS) is 37.3. The first kappa shape index (κ1) is 17.1. The van der Waals surface area contributed by atoms with Crippen molar-refractivity contribution >= 4 is 0 Å². The molecule has 3 heteroatoms. The monoisotopic (exact) mass is 364 g/mol. The van der Waals surface area contributed by atoms with Crippen LogP contribution in [0.4, 0.5) is 0 Å². The van der Waals surface area contributed by atoms with Crippen molar-refractivity contribution in [2.45, 2.75) is 57.0 Å². The van der Waals surface area contributed by atoms with Crippen LogP contribution in [0.15, 0.2) is 42.5 Å². The van der Waals surface area contributed by atoms with E-state index in [-0.39, 0.29) is 23.0 Å². The van der Waals surface area contributed by atoms with E-state index in [0.717, 1.165) is 32.1 Å². The molecule has 0 amide bonds. The molecule has 0 aliphatic heterocycles. The second-order valence-corrected chi connectivity index (χ2v) is 9.34. The summed E-state index contributed by atoms with van der Waals surface area (Å²) in [5.41, 5.74) is 3.95. The Morgan fingerprint density at radius 3 is 2.52 bits per heavy atom. The van der Waals surface area contributed by atoms with Crippen molar-refractivity contribution in [3.8, 4) is 11.5 Å². The van der Waals surface area contributed by atoms with E-state index in [1.54, 1.807) is 12.1 Å². The Kier molecular flexibility index (Phi) is 3.80. The van der Waals surface area contributed by atoms with Gasteiger partial charge in [-0.3, -0.25) is 0 Å². The van der Waals surface area contributed by atoms with E-state index in [4.69, 9.17) is 0 Å². The molecule has 2 fully saturated rings. The highest BCUT2D eigenvalue weighted by Gasteiger charge is 2.55. The van der Waals surface area contributed by atoms with Gasteiger partial charge in [0.25, 0.3) is 0 Å². The van der Waals surface area contributed by atoms with Crippen molar-refractivity contribution in [1.82, 2.24) is 0 Å². The molecule has 0 aromatic heterocycles. The number of hydrogen-bond donors (Lipinski definition) is 3. The molecule has 5 rings (SSSR count). The molecule has 0 heterocycles. The fraction of sp³-hybridized carbons (Fsp3) is 0.500. The largest absolute Gasteiger partial charge is 0.504 e. The lowest BCUT2D eigenvalue weighted by molar-refractivity contribution is 0.0468. The molecule has 27 heavy (non-hydrogen) atoms. The molecule has 0 radical (unpaired) electrons. The number of benzene rings is 2. The van der Waals surface area contributed by atoms with Crippen LogP contribution < -0.4 is 0 Å². The summed E-state index contributed by atoms with van der Waals surface area (Å²) in [6.07, 6.45) is 4.71. The minimum absolute atomic E-state index is 0.00884. The zero-order valence-corrected chi connectivity index (χ0v) is 15.8. The molecule has 2 saturated carbocycles. The van der Waals surface area contributed by atoms with Crippen LogP contribution in [-0.4, -0.2) is 21.4 Å². The molecule has 142 valence electrons. The third-order valence-electron chi connectivity index (χ3n) is 7.85. The summed E-state index contributed by atoms with van der Waals surface area (Å²) in [7, 11) is 0. The lowest BCUT2D eigenvalue weighted by Gasteiger charge is -2.52. The first-order valence-corrected chi connectivity index (χ1v) is 10.2. The molecule has 6 atom stereocenters. The molecule has 0 bridgehead atoms. The van der Waals surface area contributed by atoms with Crippen LogP contribution in [0, 0.1) is 17.3 Å². The second-order valence-electron chi connectivity index (χ2n) is 9.34. The first-order chi connectivity index (χ1) is 13.0. The number of phenolic OH excluding ortho intramolecular Hbond substituents is 2. The van der Waals surface area contributed by atoms with E-state index in [0.29, 0.717) is 23.7 Å². The van der Waals surface area contributed by atoms with Gasteiger partial charge in [0.15, 0.2) is 11.5 Å². The summed E-state index contributed by atoms with van der Waals surface area (Å²) >= 11 is 0. The van der Waals surface area contributed by atoms with Crippen molar-refractivity contribution in [2.24, 2.45) is 17.3 Å². The van der Waals surface area contributed by atoms with Crippen LogP contribution >= 0.6 is 0 Å². The predicted molar refractivity (Wildman–Crippen MR) is 105 cm³/mol. The highest BCUT2D eigenvalue weighted by atomic mass is 16.3. The van der Waals surface area contributed by atoms with Crippen LogP contribution in [-0.2, 0) is 6.42 Å². The number of rotatable bonds is 1. The van der Waals surface area contributed by atoms with E-state index >= 15 is 0 Å². The molecular formula is C24H28O3. The summed E-state index contributed by atoms with van der Waals surface area (Å²) in [5, 5.41) is 30.7. The average Bonchev–Trinajstić information content (AvgIpc) is 2.97. The number of aliphatic hydroxyl groups excluding tert-OH is 1. The van der Waals surface area contributed by atoms with Crippen LogP contribution in [0.5, 0.6) is 11.5 Å². The molecular weight excluding hydrogens is 336 g/mol. The number of aliphatic hydroxyl groups is 1. The number of aromatic hydroxyl groups is 2. The molecule has 2 aromatic rings. The predicted octanol–water partition coefficient (Wildman–Crippen LogP) is 4.71. The van der Waals surface area contributed by atoms with E-state index < -0.39 is 0 Å². The summed E-state index contributed by atoms with van der Waals surface area (Å²) in [6.45, 7) is 2.37. The van der Waals surface area contributed by atoms with Gasteiger partial charge in [0.05, 0.1) is 6.10 Å². The molecule has 0 spiro atoms. The quantitative estimate of drug-likeness (QED) is 0.642. The third kappa shape index (κ3) is 2.59. The maximum Gasteiger partial charge on any atom is 0.157 e. The van der Waals surface area contributed by atoms with Crippen LogP contribution in [0.2, 0.25) is 0 Å². The summed E-state index contributed by atoms with van der Waals surface area (Å²) < 4.78 is 0. The van der Waals surface area contributed by atoms with Crippen LogP contribution in [0.3, 0.4) is 0 Å². The van der Waals surface area contributed by atoms with Gasteiger partial charge in [-0.25, -0.2) is 0 Å². The maximum atomic E-state index is 10.5. The van der Waals surface area contributed by atoms with Gasteiger partial charge < -0.3 is 15.3 Å². The van der Waals surface area contributed by atoms with Crippen molar-refractivity contribution < 1.29 is 15.3 Å². The summed E-state index contributed by atoms with van der Waals surface area (Å²) in [4.78, 5) is 0. The van der Waals surface area contributed by atoms with Gasteiger partial charge in [-0.05, 0) is 90.0 Å². The Labute approximate surface area is 160 Å². The first-order valence-electron chi connectivity index (χ1n) is 10.2. The Morgan fingerprint density at radius 2 is 1.74 bits per heavy atom. The van der Waals surface area contributed by atoms with Gasteiger partial charge in [-0.1, -0.05) is 37.3 Å². The third-order valence-corrected chi connectivity index (χ3v) is 7.85. The minimum Gasteiger partial charge on any atom is -0.504 e. The minimum atomic E-state index is -0.190. The number of fused-ring (bicyclic) bond motifs is 5. The maximum absolute atomic E-state index is 10.5. The van der Waals surface area contributed by atoms with Crippen LogP contribution in [0.1, 0.15) is 61.1 Å². The zero-order valence-electron chi connectivity index (χ0n) is 15.8. The highest BCUT2D eigenvalue weighted by molar-refractivity contribution is 5.50. The van der Waals surface area contributed by atoms with E-state index in [9.17, 15) is 15.3 Å². The Hall–Kier alpha value is -2.00. The van der Waals surface area contributed by atoms with E-state index in [2.05, 4.69) is 37.3 Å². The van der Waals surface area contributed by atoms with E-state index in [1.165, 1.54) is 16.7 Å². The summed E-state index contributed by atoms with van der Waals surface area (Å²) in [5.74, 6) is 1.72. The summed E-state index contributed by atoms with van der Waals surface area (Å²) in [6, 6.07) is 14.3. The number of phenols is 2. The van der Waals surface area contributed by atoms with Gasteiger partial charge in [-0.15, -0.1) is 0 Å². The zero-order chi connectivity index (χ0) is 18.8. The van der Waals surface area contributed by atoms with Crippen molar-refractivity contribution in [3.05, 3.63) is 59.2 Å². The molecule has 3 N–H and O–H groups in total. The molecule has 3 aliphatic rings. The van der Waals surface area contributed by atoms with E-state index in [1.807, 2.05) is 0 Å². The standard InChI is InChI=1S/C24H28O3/c1-24-8-7-17-18-12-22(27)21(26)10-15(18)9-19(14-5-3-2-4-6-14)23(17)20(24)11-16(25)13-24/h2-6,10,12,16-17,19-20,23,25-27H,7-9,11,13H2,1H3/t16-,17-,19+,20+,23+,24-/m1/s1. The number of hydrogen-bond acceptors (Lipinski definition) is 3. The second kappa shape index (κ2) is 6.00. The Bertz CT molecular complexity index is 861. The molecule has 0 unspecified atom stereocenters. The highest BCUT2D eigenvalue weighted by Crippen LogP contribution is 2.64. The SMILES string of the molecule is C[C@]12CC[C@@H]3c4cc(O)c(O)cc4C[C@@H](c4ccccc4)[C@H]3[C@@H]1C[C@@H](O)C2. The van der Waals surface area contributed by atoms with Gasteiger partial charge in [0.1, 0.15) is 0 Å². The average molecular weight is 364 g/mol. The molecule has 0 saturated heterocycles. The van der Waals surface area contributed by atoms with Crippen molar-refractivity contribution in [2.75, 3.05) is 0 Å². The lowest BCUT2D eigenvalue weighted by Crippen LogP contribution is -2.43. The molecule has 2 aromatic carbocycles. The fourth-order valence-corrected chi connectivity index (χ4v) is 6.71. The van der Waals surface area contributed by atoms with Crippen molar-refractivity contribution in [3.63, 3.8) is 0 Å². The topological polar surface area (TPSA) is 60.7 Å². The smallest absolute Gasteiger partial charge is 0.157 e. The van der Waals surface area contributed by atoms with Crippen LogP contribution in [0.25, 0.3) is 0 Å². The Balaban J connectivity index is 1.66. The lowest BCUT2D eigenvalue weighted by atomic mass is 9.52. The molecule has 3 nitrogen and oxygen atoms in total. The van der Waals surface area contributed by atoms with Gasteiger partial charge >= 0.3 is 0 Å². The van der Waals surface area contributed by atoms with Gasteiger partial charge in [-0.2, -0.15) is 0 Å².